The smallest absolute Gasteiger partial charge is 0.178 e. The largest absolute Gasteiger partial charge is 0.399 e. The number of carbonyl (C=O) groups excluding carboxylic acids is 1. The molecule has 1 aromatic heterocycles. The van der Waals surface area contributed by atoms with E-state index in [2.05, 4.69) is 9.47 Å². The highest BCUT2D eigenvalue weighted by Gasteiger charge is 2.23. The Labute approximate surface area is 149 Å². The van der Waals surface area contributed by atoms with E-state index < -0.39 is 0 Å². The molecule has 1 aliphatic heterocycles. The second kappa shape index (κ2) is 7.42. The molecule has 1 saturated heterocycles. The molecule has 2 heterocycles. The minimum absolute atomic E-state index is 0.186. The topological polar surface area (TPSA) is 60.5 Å². The van der Waals surface area contributed by atoms with Crippen LogP contribution in [0.4, 0.5) is 5.69 Å². The van der Waals surface area contributed by atoms with Crippen molar-refractivity contribution < 1.29 is 9.53 Å². The molecule has 0 saturated carbocycles. The van der Waals surface area contributed by atoms with Crippen molar-refractivity contribution in [2.24, 2.45) is 0 Å². The molecule has 0 atom stereocenters. The molecule has 0 bridgehead atoms. The van der Waals surface area contributed by atoms with E-state index in [9.17, 15) is 4.79 Å². The lowest BCUT2D eigenvalue weighted by Gasteiger charge is -2.30. The molecule has 1 fully saturated rings. The fraction of sp³-hybridized carbons (Fsp3) is 0.450. The zero-order valence-electron chi connectivity index (χ0n) is 15.3. The van der Waals surface area contributed by atoms with E-state index in [-0.39, 0.29) is 5.78 Å². The third kappa shape index (κ3) is 3.78. The summed E-state index contributed by atoms with van der Waals surface area (Å²) >= 11 is 0. The van der Waals surface area contributed by atoms with Crippen molar-refractivity contribution >= 4 is 11.5 Å². The lowest BCUT2D eigenvalue weighted by atomic mass is 10.1. The van der Waals surface area contributed by atoms with E-state index in [1.54, 1.807) is 7.11 Å². The summed E-state index contributed by atoms with van der Waals surface area (Å²) in [6.45, 7) is 6.35. The van der Waals surface area contributed by atoms with Crippen LogP contribution in [0.2, 0.25) is 0 Å². The van der Waals surface area contributed by atoms with Crippen LogP contribution in [0.3, 0.4) is 0 Å². The number of rotatable bonds is 5. The number of ketones is 1. The van der Waals surface area contributed by atoms with Crippen LogP contribution in [0.25, 0.3) is 5.69 Å². The Morgan fingerprint density at radius 1 is 1.20 bits per heavy atom. The van der Waals surface area contributed by atoms with Crippen LogP contribution in [0, 0.1) is 13.8 Å². The summed E-state index contributed by atoms with van der Waals surface area (Å²) in [4.78, 5) is 15.1. The number of hydrogen-bond acceptors (Lipinski definition) is 4. The van der Waals surface area contributed by atoms with Crippen LogP contribution < -0.4 is 5.73 Å². The van der Waals surface area contributed by atoms with Gasteiger partial charge in [-0.15, -0.1) is 0 Å². The third-order valence-electron chi connectivity index (χ3n) is 5.12. The van der Waals surface area contributed by atoms with Gasteiger partial charge in [-0.25, -0.2) is 0 Å². The van der Waals surface area contributed by atoms with Crippen molar-refractivity contribution in [2.75, 3.05) is 32.5 Å². The van der Waals surface area contributed by atoms with Crippen molar-refractivity contribution in [2.45, 2.75) is 32.8 Å². The molecule has 5 nitrogen and oxygen atoms in total. The number of nitrogens with zero attached hydrogens (tertiary/aromatic N) is 2. The molecule has 5 heteroatoms. The summed E-state index contributed by atoms with van der Waals surface area (Å²) in [5.41, 5.74) is 10.4. The summed E-state index contributed by atoms with van der Waals surface area (Å²) in [7, 11) is 1.76. The van der Waals surface area contributed by atoms with Crippen molar-refractivity contribution in [3.8, 4) is 5.69 Å². The molecule has 134 valence electrons. The fourth-order valence-electron chi connectivity index (χ4n) is 3.66. The molecule has 1 aromatic carbocycles. The number of benzene rings is 1. The van der Waals surface area contributed by atoms with E-state index in [1.165, 1.54) is 0 Å². The number of carbonyl (C=O) groups is 1. The van der Waals surface area contributed by atoms with Gasteiger partial charge in [-0.3, -0.25) is 9.69 Å². The number of anilines is 1. The Morgan fingerprint density at radius 2 is 1.84 bits per heavy atom. The summed E-state index contributed by atoms with van der Waals surface area (Å²) in [5.74, 6) is 0.186. The van der Waals surface area contributed by atoms with E-state index in [1.807, 2.05) is 44.2 Å². The van der Waals surface area contributed by atoms with Gasteiger partial charge in [0, 0.05) is 48.5 Å². The van der Waals surface area contributed by atoms with Crippen LogP contribution in [-0.2, 0) is 4.74 Å². The number of likely N-dealkylation sites (tertiary alicyclic amines) is 1. The van der Waals surface area contributed by atoms with Crippen LogP contribution in [0.15, 0.2) is 30.3 Å². The van der Waals surface area contributed by atoms with E-state index in [0.29, 0.717) is 12.6 Å². The Bertz CT molecular complexity index is 741. The minimum atomic E-state index is 0.186. The first-order chi connectivity index (χ1) is 12.0. The standard InChI is InChI=1S/C20H27N3O2/c1-14-12-19(15(2)23(14)17-6-4-16(21)5-7-17)20(24)13-22-10-8-18(25-3)9-11-22/h4-7,12,18H,8-11,13,21H2,1-3H3. The molecule has 3 rings (SSSR count). The van der Waals surface area contributed by atoms with Gasteiger partial charge in [0.2, 0.25) is 0 Å². The fourth-order valence-corrected chi connectivity index (χ4v) is 3.66. The molecule has 0 amide bonds. The third-order valence-corrected chi connectivity index (χ3v) is 5.12. The van der Waals surface area contributed by atoms with Gasteiger partial charge in [0.15, 0.2) is 5.78 Å². The first-order valence-electron chi connectivity index (χ1n) is 8.83. The normalized spacial score (nSPS) is 16.3. The number of aromatic nitrogens is 1. The Morgan fingerprint density at radius 3 is 2.44 bits per heavy atom. The van der Waals surface area contributed by atoms with Crippen molar-refractivity contribution in [3.05, 3.63) is 47.3 Å². The number of methoxy groups -OCH3 is 1. The van der Waals surface area contributed by atoms with Gasteiger partial charge < -0.3 is 15.0 Å². The molecular weight excluding hydrogens is 314 g/mol. The number of hydrogen-bond donors (Lipinski definition) is 1. The first-order valence-corrected chi connectivity index (χ1v) is 8.83. The molecule has 0 radical (unpaired) electrons. The number of nitrogen functional groups attached to an aromatic ring is 1. The molecule has 2 N–H and O–H groups in total. The van der Waals surface area contributed by atoms with Gasteiger partial charge >= 0.3 is 0 Å². The van der Waals surface area contributed by atoms with E-state index in [4.69, 9.17) is 10.5 Å². The summed E-state index contributed by atoms with van der Waals surface area (Å²) in [6.07, 6.45) is 2.32. The van der Waals surface area contributed by atoms with Crippen LogP contribution in [-0.4, -0.2) is 48.1 Å². The van der Waals surface area contributed by atoms with E-state index >= 15 is 0 Å². The average molecular weight is 341 g/mol. The number of piperidine rings is 1. The summed E-state index contributed by atoms with van der Waals surface area (Å²) in [5, 5.41) is 0. The first kappa shape index (κ1) is 17.7. The maximum atomic E-state index is 12.8. The van der Waals surface area contributed by atoms with Crippen LogP contribution in [0.5, 0.6) is 0 Å². The quantitative estimate of drug-likeness (QED) is 0.671. The predicted molar refractivity (Wildman–Crippen MR) is 100 cm³/mol. The molecular formula is C20H27N3O2. The van der Waals surface area contributed by atoms with Gasteiger partial charge in [-0.05, 0) is 57.0 Å². The lowest BCUT2D eigenvalue weighted by molar-refractivity contribution is 0.0401. The van der Waals surface area contributed by atoms with E-state index in [0.717, 1.165) is 54.3 Å². The van der Waals surface area contributed by atoms with Gasteiger partial charge in [-0.2, -0.15) is 0 Å². The highest BCUT2D eigenvalue weighted by Crippen LogP contribution is 2.23. The Kier molecular flexibility index (Phi) is 5.25. The molecule has 25 heavy (non-hydrogen) atoms. The summed E-state index contributed by atoms with van der Waals surface area (Å²) in [6, 6.07) is 9.74. The molecule has 2 aromatic rings. The lowest BCUT2D eigenvalue weighted by Crippen LogP contribution is -2.39. The highest BCUT2D eigenvalue weighted by molar-refractivity contribution is 5.99. The average Bonchev–Trinajstić information content (AvgIpc) is 2.91. The van der Waals surface area contributed by atoms with Crippen molar-refractivity contribution in [1.82, 2.24) is 9.47 Å². The van der Waals surface area contributed by atoms with Crippen LogP contribution >= 0.6 is 0 Å². The number of Topliss-reactive ketones (excluding diaryl/α,β-unsaturated/α-hetero) is 1. The zero-order chi connectivity index (χ0) is 18.0. The zero-order valence-corrected chi connectivity index (χ0v) is 15.3. The summed E-state index contributed by atoms with van der Waals surface area (Å²) < 4.78 is 7.52. The Hall–Kier alpha value is -2.11. The van der Waals surface area contributed by atoms with Crippen molar-refractivity contribution in [3.63, 3.8) is 0 Å². The van der Waals surface area contributed by atoms with Crippen molar-refractivity contribution in [1.29, 1.82) is 0 Å². The highest BCUT2D eigenvalue weighted by atomic mass is 16.5. The number of nitrogens with two attached hydrogens (primary N) is 1. The Balaban J connectivity index is 1.76. The maximum absolute atomic E-state index is 12.8. The maximum Gasteiger partial charge on any atom is 0.178 e. The monoisotopic (exact) mass is 341 g/mol. The number of aryl methyl sites for hydroxylation is 1. The van der Waals surface area contributed by atoms with Gasteiger partial charge in [0.1, 0.15) is 0 Å². The SMILES string of the molecule is COC1CCN(CC(=O)c2cc(C)n(-c3ccc(N)cc3)c2C)CC1. The van der Waals surface area contributed by atoms with Gasteiger partial charge in [0.05, 0.1) is 12.6 Å². The van der Waals surface area contributed by atoms with Gasteiger partial charge in [-0.1, -0.05) is 0 Å². The minimum Gasteiger partial charge on any atom is -0.399 e. The van der Waals surface area contributed by atoms with Crippen LogP contribution in [0.1, 0.15) is 34.6 Å². The molecule has 0 aliphatic carbocycles. The molecule has 0 unspecified atom stereocenters. The second-order valence-corrected chi connectivity index (χ2v) is 6.85. The second-order valence-electron chi connectivity index (χ2n) is 6.85. The predicted octanol–water partition coefficient (Wildman–Crippen LogP) is 2.97. The number of ether oxygens (including phenoxy) is 1. The van der Waals surface area contributed by atoms with Gasteiger partial charge in [0.25, 0.3) is 0 Å². The molecule has 1 aliphatic rings. The molecule has 0 spiro atoms.